The van der Waals surface area contributed by atoms with Gasteiger partial charge in [-0.25, -0.2) is 9.59 Å². The summed E-state index contributed by atoms with van der Waals surface area (Å²) in [7, 11) is 0. The number of hydrogen-bond donors (Lipinski definition) is 4. The Labute approximate surface area is 110 Å². The molecule has 8 heteroatoms. The molecule has 0 saturated carbocycles. The number of carbonyl (C=O) groups excluding carboxylic acids is 1. The molecule has 1 rings (SSSR count). The first-order chi connectivity index (χ1) is 8.95. The Morgan fingerprint density at radius 3 is 2.53 bits per heavy atom. The molecule has 0 aromatic carbocycles. The number of hydrogen-bond acceptors (Lipinski definition) is 4. The molecule has 0 radical (unpaired) electrons. The number of aliphatic carboxylic acids is 2. The van der Waals surface area contributed by atoms with Crippen LogP contribution in [0.25, 0.3) is 0 Å². The third kappa shape index (κ3) is 4.40. The van der Waals surface area contributed by atoms with Gasteiger partial charge in [-0.2, -0.15) is 0 Å². The van der Waals surface area contributed by atoms with E-state index in [-0.39, 0.29) is 12.6 Å². The standard InChI is InChI=1S/C11H18N2O6/c14-5-3-7-2-1-4-13(7)11(19)12-8(10(17)18)6-9(15)16/h7-8,14H,1-6H2,(H,12,19)(H,15,16)(H,17,18)/t7?,8-/m1/s1. The molecular formula is C11H18N2O6. The van der Waals surface area contributed by atoms with Crippen LogP contribution in [-0.2, 0) is 9.59 Å². The molecule has 1 fully saturated rings. The highest BCUT2D eigenvalue weighted by atomic mass is 16.4. The lowest BCUT2D eigenvalue weighted by Gasteiger charge is -2.26. The number of aliphatic hydroxyl groups is 1. The molecule has 1 heterocycles. The Kier molecular flexibility index (Phi) is 5.56. The maximum Gasteiger partial charge on any atom is 0.326 e. The molecule has 0 bridgehead atoms. The van der Waals surface area contributed by atoms with E-state index in [4.69, 9.17) is 15.3 Å². The van der Waals surface area contributed by atoms with Crippen molar-refractivity contribution in [3.63, 3.8) is 0 Å². The van der Waals surface area contributed by atoms with Crippen LogP contribution in [0.4, 0.5) is 4.79 Å². The highest BCUT2D eigenvalue weighted by molar-refractivity contribution is 5.86. The molecule has 19 heavy (non-hydrogen) atoms. The predicted molar refractivity (Wildman–Crippen MR) is 63.6 cm³/mol. The molecule has 108 valence electrons. The van der Waals surface area contributed by atoms with Crippen LogP contribution < -0.4 is 5.32 Å². The summed E-state index contributed by atoms with van der Waals surface area (Å²) < 4.78 is 0. The summed E-state index contributed by atoms with van der Waals surface area (Å²) in [5.41, 5.74) is 0. The van der Waals surface area contributed by atoms with E-state index in [2.05, 4.69) is 5.32 Å². The summed E-state index contributed by atoms with van der Waals surface area (Å²) in [6.07, 6.45) is 1.31. The van der Waals surface area contributed by atoms with Crippen LogP contribution in [0, 0.1) is 0 Å². The van der Waals surface area contributed by atoms with Crippen LogP contribution in [0.3, 0.4) is 0 Å². The number of likely N-dealkylation sites (tertiary alicyclic amines) is 1. The second kappa shape index (κ2) is 6.93. The topological polar surface area (TPSA) is 127 Å². The van der Waals surface area contributed by atoms with Crippen molar-refractivity contribution >= 4 is 18.0 Å². The van der Waals surface area contributed by atoms with E-state index in [0.29, 0.717) is 13.0 Å². The van der Waals surface area contributed by atoms with E-state index in [0.717, 1.165) is 12.8 Å². The van der Waals surface area contributed by atoms with Gasteiger partial charge in [-0.05, 0) is 19.3 Å². The lowest BCUT2D eigenvalue weighted by atomic mass is 10.1. The largest absolute Gasteiger partial charge is 0.481 e. The third-order valence-corrected chi connectivity index (χ3v) is 3.07. The normalized spacial score (nSPS) is 20.1. The van der Waals surface area contributed by atoms with Crippen LogP contribution in [-0.4, -0.2) is 63.4 Å². The molecule has 1 aliphatic rings. The maximum atomic E-state index is 11.9. The number of rotatable bonds is 6. The van der Waals surface area contributed by atoms with Crippen molar-refractivity contribution in [1.29, 1.82) is 0 Å². The average molecular weight is 274 g/mol. The zero-order valence-electron chi connectivity index (χ0n) is 10.4. The second-order valence-corrected chi connectivity index (χ2v) is 4.44. The molecular weight excluding hydrogens is 256 g/mol. The lowest BCUT2D eigenvalue weighted by molar-refractivity contribution is -0.145. The van der Waals surface area contributed by atoms with Gasteiger partial charge in [-0.3, -0.25) is 4.79 Å². The van der Waals surface area contributed by atoms with Crippen LogP contribution >= 0.6 is 0 Å². The Morgan fingerprint density at radius 2 is 2.00 bits per heavy atom. The van der Waals surface area contributed by atoms with Gasteiger partial charge in [0.15, 0.2) is 0 Å². The first kappa shape index (κ1) is 15.2. The molecule has 4 N–H and O–H groups in total. The molecule has 0 spiro atoms. The van der Waals surface area contributed by atoms with Gasteiger partial charge in [0.25, 0.3) is 0 Å². The third-order valence-electron chi connectivity index (χ3n) is 3.07. The van der Waals surface area contributed by atoms with Gasteiger partial charge in [-0.15, -0.1) is 0 Å². The number of carboxylic acid groups (broad SMARTS) is 2. The summed E-state index contributed by atoms with van der Waals surface area (Å²) >= 11 is 0. The number of carboxylic acids is 2. The van der Waals surface area contributed by atoms with E-state index >= 15 is 0 Å². The SMILES string of the molecule is O=C(O)C[C@@H](NC(=O)N1CCCC1CCO)C(=O)O. The van der Waals surface area contributed by atoms with Gasteiger partial charge in [0.1, 0.15) is 6.04 Å². The van der Waals surface area contributed by atoms with E-state index in [9.17, 15) is 14.4 Å². The number of carbonyl (C=O) groups is 3. The van der Waals surface area contributed by atoms with Gasteiger partial charge in [0.2, 0.25) is 0 Å². The Bertz CT molecular complexity index is 359. The van der Waals surface area contributed by atoms with Crippen molar-refractivity contribution in [1.82, 2.24) is 10.2 Å². The summed E-state index contributed by atoms with van der Waals surface area (Å²) in [4.78, 5) is 34.7. The minimum atomic E-state index is -1.44. The highest BCUT2D eigenvalue weighted by Gasteiger charge is 2.31. The molecule has 1 aliphatic heterocycles. The lowest BCUT2D eigenvalue weighted by Crippen LogP contribution is -2.50. The molecule has 0 aliphatic carbocycles. The van der Waals surface area contributed by atoms with E-state index in [1.54, 1.807) is 0 Å². The van der Waals surface area contributed by atoms with E-state index in [1.807, 2.05) is 0 Å². The molecule has 1 saturated heterocycles. The zero-order chi connectivity index (χ0) is 14.4. The zero-order valence-corrected chi connectivity index (χ0v) is 10.4. The van der Waals surface area contributed by atoms with E-state index in [1.165, 1.54) is 4.90 Å². The van der Waals surface area contributed by atoms with Crippen molar-refractivity contribution in [3.05, 3.63) is 0 Å². The second-order valence-electron chi connectivity index (χ2n) is 4.44. The number of nitrogens with zero attached hydrogens (tertiary/aromatic N) is 1. The summed E-state index contributed by atoms with van der Waals surface area (Å²) in [5.74, 6) is -2.67. The van der Waals surface area contributed by atoms with Crippen LogP contribution in [0.1, 0.15) is 25.7 Å². The fraction of sp³-hybridized carbons (Fsp3) is 0.727. The Morgan fingerprint density at radius 1 is 1.32 bits per heavy atom. The molecule has 1 unspecified atom stereocenters. The van der Waals surface area contributed by atoms with Crippen molar-refractivity contribution < 1.29 is 29.7 Å². The number of urea groups is 1. The fourth-order valence-electron chi connectivity index (χ4n) is 2.16. The molecule has 8 nitrogen and oxygen atoms in total. The quantitative estimate of drug-likeness (QED) is 0.515. The van der Waals surface area contributed by atoms with Gasteiger partial charge < -0.3 is 25.5 Å². The highest BCUT2D eigenvalue weighted by Crippen LogP contribution is 2.19. The van der Waals surface area contributed by atoms with Crippen LogP contribution in [0.15, 0.2) is 0 Å². The Balaban J connectivity index is 2.60. The minimum absolute atomic E-state index is 0.0497. The first-order valence-corrected chi connectivity index (χ1v) is 6.08. The van der Waals surface area contributed by atoms with Crippen molar-refractivity contribution in [2.45, 2.75) is 37.8 Å². The fourth-order valence-corrected chi connectivity index (χ4v) is 2.16. The van der Waals surface area contributed by atoms with Crippen molar-refractivity contribution in [2.75, 3.05) is 13.2 Å². The van der Waals surface area contributed by atoms with Gasteiger partial charge in [-0.1, -0.05) is 0 Å². The average Bonchev–Trinajstić information content (AvgIpc) is 2.76. The monoisotopic (exact) mass is 274 g/mol. The number of amides is 2. The van der Waals surface area contributed by atoms with Crippen LogP contribution in [0.2, 0.25) is 0 Å². The number of aliphatic hydroxyl groups excluding tert-OH is 1. The summed E-state index contributed by atoms with van der Waals surface area (Å²) in [6.45, 7) is 0.432. The molecule has 2 atom stereocenters. The van der Waals surface area contributed by atoms with Gasteiger partial charge >= 0.3 is 18.0 Å². The summed E-state index contributed by atoms with van der Waals surface area (Å²) in [6, 6.07) is -2.16. The van der Waals surface area contributed by atoms with Crippen molar-refractivity contribution in [3.8, 4) is 0 Å². The number of nitrogens with one attached hydrogen (secondary N) is 1. The van der Waals surface area contributed by atoms with Gasteiger partial charge in [0, 0.05) is 19.2 Å². The Hall–Kier alpha value is -1.83. The summed E-state index contributed by atoms with van der Waals surface area (Å²) in [5, 5.41) is 28.5. The minimum Gasteiger partial charge on any atom is -0.481 e. The van der Waals surface area contributed by atoms with Gasteiger partial charge in [0.05, 0.1) is 6.42 Å². The first-order valence-electron chi connectivity index (χ1n) is 6.08. The van der Waals surface area contributed by atoms with Crippen molar-refractivity contribution in [2.24, 2.45) is 0 Å². The molecule has 2 amide bonds. The maximum absolute atomic E-state index is 11.9. The molecule has 0 aromatic rings. The predicted octanol–water partition coefficient (Wildman–Crippen LogP) is -0.529. The smallest absolute Gasteiger partial charge is 0.326 e. The molecule has 0 aromatic heterocycles. The van der Waals surface area contributed by atoms with E-state index < -0.39 is 30.4 Å². The van der Waals surface area contributed by atoms with Crippen LogP contribution in [0.5, 0.6) is 0 Å².